The second kappa shape index (κ2) is 9.43. The molecule has 0 N–H and O–H groups in total. The Morgan fingerprint density at radius 2 is 1.40 bits per heavy atom. The molecule has 0 atom stereocenters. The van der Waals surface area contributed by atoms with Crippen LogP contribution >= 0.6 is 46.4 Å². The molecule has 0 aliphatic carbocycles. The molecule has 0 bridgehead atoms. The minimum atomic E-state index is -1.04. The van der Waals surface area contributed by atoms with E-state index in [4.69, 9.17) is 46.4 Å². The van der Waals surface area contributed by atoms with Gasteiger partial charge in [0.2, 0.25) is 0 Å². The number of hydrogen-bond acceptors (Lipinski definition) is 5. The number of halogens is 5. The van der Waals surface area contributed by atoms with Gasteiger partial charge in [-0.2, -0.15) is 5.01 Å². The first kappa shape index (κ1) is 24.9. The highest BCUT2D eigenvalue weighted by molar-refractivity contribution is 6.55. The van der Waals surface area contributed by atoms with Gasteiger partial charge < -0.3 is 0 Å². The minimum absolute atomic E-state index is 0.0208. The average molecular weight is 557 g/mol. The minimum Gasteiger partial charge on any atom is -0.267 e. The van der Waals surface area contributed by atoms with Gasteiger partial charge in [0.1, 0.15) is 5.82 Å². The van der Waals surface area contributed by atoms with Crippen molar-refractivity contribution in [2.75, 3.05) is 0 Å². The van der Waals surface area contributed by atoms with Gasteiger partial charge in [-0.25, -0.2) is 9.40 Å². The number of hydrazine groups is 1. The highest BCUT2D eigenvalue weighted by Crippen LogP contribution is 2.45. The summed E-state index contributed by atoms with van der Waals surface area (Å²) in [6.07, 6.45) is 0. The van der Waals surface area contributed by atoms with Crippen LogP contribution in [0.3, 0.4) is 0 Å². The van der Waals surface area contributed by atoms with Gasteiger partial charge in [0.15, 0.2) is 0 Å². The van der Waals surface area contributed by atoms with Crippen LogP contribution in [0.4, 0.5) is 10.1 Å². The number of nitrogens with zero attached hydrogens (tertiary/aromatic N) is 3. The van der Waals surface area contributed by atoms with Crippen LogP contribution in [-0.2, 0) is 6.54 Å². The molecule has 0 unspecified atom stereocenters. The molecule has 0 aromatic heterocycles. The summed E-state index contributed by atoms with van der Waals surface area (Å²) in [7, 11) is 0. The van der Waals surface area contributed by atoms with E-state index in [-0.39, 0.29) is 48.0 Å². The Balaban J connectivity index is 1.84. The predicted molar refractivity (Wildman–Crippen MR) is 126 cm³/mol. The number of imide groups is 1. The molecule has 178 valence electrons. The number of carbonyl (C=O) groups is 3. The Labute approximate surface area is 216 Å². The van der Waals surface area contributed by atoms with E-state index in [0.717, 1.165) is 30.3 Å². The van der Waals surface area contributed by atoms with Crippen molar-refractivity contribution in [1.82, 2.24) is 10.0 Å². The van der Waals surface area contributed by atoms with Gasteiger partial charge in [0.25, 0.3) is 23.4 Å². The van der Waals surface area contributed by atoms with Crippen molar-refractivity contribution in [2.24, 2.45) is 0 Å². The monoisotopic (exact) mass is 555 g/mol. The van der Waals surface area contributed by atoms with E-state index in [0.29, 0.717) is 10.0 Å². The lowest BCUT2D eigenvalue weighted by Gasteiger charge is -2.30. The van der Waals surface area contributed by atoms with E-state index < -0.39 is 35.0 Å². The summed E-state index contributed by atoms with van der Waals surface area (Å²) in [5, 5.41) is 10.9. The van der Waals surface area contributed by atoms with Gasteiger partial charge in [0.05, 0.1) is 42.7 Å². The van der Waals surface area contributed by atoms with Gasteiger partial charge >= 0.3 is 0 Å². The molecule has 1 aliphatic heterocycles. The number of nitro groups is 1. The molecule has 4 rings (SSSR count). The molecule has 8 nitrogen and oxygen atoms in total. The summed E-state index contributed by atoms with van der Waals surface area (Å²) in [6, 6.07) is 9.85. The smallest absolute Gasteiger partial charge is 0.267 e. The molecule has 0 saturated heterocycles. The van der Waals surface area contributed by atoms with E-state index in [2.05, 4.69) is 0 Å². The van der Waals surface area contributed by atoms with Crippen LogP contribution in [0.5, 0.6) is 0 Å². The molecule has 3 aromatic carbocycles. The Morgan fingerprint density at radius 1 is 0.886 bits per heavy atom. The second-order valence-corrected chi connectivity index (χ2v) is 8.70. The molecule has 13 heteroatoms. The highest BCUT2D eigenvalue weighted by atomic mass is 35.5. The van der Waals surface area contributed by atoms with Crippen molar-refractivity contribution in [2.45, 2.75) is 6.54 Å². The fourth-order valence-corrected chi connectivity index (χ4v) is 4.47. The van der Waals surface area contributed by atoms with Gasteiger partial charge in [-0.15, -0.1) is 0 Å². The van der Waals surface area contributed by atoms with Crippen LogP contribution in [0.25, 0.3) is 0 Å². The first-order chi connectivity index (χ1) is 16.5. The molecule has 0 fully saturated rings. The number of nitro benzene ring substituents is 1. The highest BCUT2D eigenvalue weighted by Gasteiger charge is 2.46. The Hall–Kier alpha value is -3.24. The number of non-ortho nitro benzene ring substituents is 1. The van der Waals surface area contributed by atoms with Crippen LogP contribution < -0.4 is 0 Å². The Morgan fingerprint density at radius 3 is 1.89 bits per heavy atom. The molecule has 1 heterocycles. The molecule has 0 spiro atoms. The lowest BCUT2D eigenvalue weighted by Crippen LogP contribution is -2.49. The zero-order valence-electron chi connectivity index (χ0n) is 17.1. The van der Waals surface area contributed by atoms with Gasteiger partial charge in [0, 0.05) is 23.3 Å². The standard InChI is InChI=1S/C22H10Cl4FN3O5/c23-16-14-15(17(24)19(26)18(16)25)22(33)29(21(14)32)28(9-11-3-1-2-4-13(11)27)20(31)10-5-7-12(8-6-10)30(34)35/h1-8H,9H2. The zero-order chi connectivity index (χ0) is 25.6. The topological polar surface area (TPSA) is 101 Å². The maximum Gasteiger partial charge on any atom is 0.282 e. The second-order valence-electron chi connectivity index (χ2n) is 7.19. The molecular weight excluding hydrogens is 547 g/mol. The fourth-order valence-electron chi connectivity index (χ4n) is 3.45. The van der Waals surface area contributed by atoms with E-state index >= 15 is 0 Å². The van der Waals surface area contributed by atoms with Gasteiger partial charge in [-0.3, -0.25) is 24.5 Å². The number of carbonyl (C=O) groups excluding carboxylic acids is 3. The van der Waals surface area contributed by atoms with E-state index in [9.17, 15) is 28.9 Å². The number of amides is 3. The van der Waals surface area contributed by atoms with E-state index in [1.54, 1.807) is 0 Å². The largest absolute Gasteiger partial charge is 0.282 e. The SMILES string of the molecule is O=C(c1ccc([N+](=O)[O-])cc1)N(Cc1ccccc1F)N1C(=O)c2c(Cl)c(Cl)c(Cl)c(Cl)c2C1=O. The van der Waals surface area contributed by atoms with Gasteiger partial charge in [-0.05, 0) is 18.2 Å². The van der Waals surface area contributed by atoms with Crippen molar-refractivity contribution in [3.8, 4) is 0 Å². The third kappa shape index (κ3) is 4.21. The maximum atomic E-state index is 14.5. The maximum absolute atomic E-state index is 14.5. The van der Waals surface area contributed by atoms with Gasteiger partial charge in [-0.1, -0.05) is 64.6 Å². The van der Waals surface area contributed by atoms with Crippen LogP contribution in [0.2, 0.25) is 20.1 Å². The first-order valence-electron chi connectivity index (χ1n) is 9.59. The predicted octanol–water partition coefficient (Wildman–Crippen LogP) is 6.20. The number of benzene rings is 3. The first-order valence-corrected chi connectivity index (χ1v) is 11.1. The van der Waals surface area contributed by atoms with Crippen molar-refractivity contribution in [3.05, 3.63) is 107 Å². The summed E-state index contributed by atoms with van der Waals surface area (Å²) in [5.74, 6) is -3.71. The van der Waals surface area contributed by atoms with Crippen molar-refractivity contribution < 1.29 is 23.7 Å². The van der Waals surface area contributed by atoms with Crippen molar-refractivity contribution in [1.29, 1.82) is 0 Å². The van der Waals surface area contributed by atoms with Crippen molar-refractivity contribution >= 4 is 69.8 Å². The molecular formula is C22H10Cl4FN3O5. The van der Waals surface area contributed by atoms with Crippen LogP contribution in [-0.4, -0.2) is 32.7 Å². The van der Waals surface area contributed by atoms with Crippen LogP contribution in [0.1, 0.15) is 36.6 Å². The Kier molecular flexibility index (Phi) is 6.70. The van der Waals surface area contributed by atoms with Crippen LogP contribution in [0.15, 0.2) is 48.5 Å². The molecule has 0 radical (unpaired) electrons. The molecule has 35 heavy (non-hydrogen) atoms. The van der Waals surface area contributed by atoms with E-state index in [1.807, 2.05) is 0 Å². The summed E-state index contributed by atoms with van der Waals surface area (Å²) in [6.45, 7) is -0.551. The fraction of sp³-hybridized carbons (Fsp3) is 0.0455. The summed E-state index contributed by atoms with van der Waals surface area (Å²) in [5.41, 5.74) is -1.16. The average Bonchev–Trinajstić information content (AvgIpc) is 3.10. The molecule has 1 aliphatic rings. The number of rotatable bonds is 5. The third-order valence-corrected chi connectivity index (χ3v) is 6.96. The number of hydrogen-bond donors (Lipinski definition) is 0. The summed E-state index contributed by atoms with van der Waals surface area (Å²) in [4.78, 5) is 50.4. The zero-order valence-corrected chi connectivity index (χ0v) is 20.1. The van der Waals surface area contributed by atoms with E-state index in [1.165, 1.54) is 18.2 Å². The van der Waals surface area contributed by atoms with Crippen LogP contribution in [0, 0.1) is 15.9 Å². The molecule has 0 saturated carbocycles. The normalized spacial score (nSPS) is 12.7. The third-order valence-electron chi connectivity index (χ3n) is 5.16. The quantitative estimate of drug-likeness (QED) is 0.122. The summed E-state index contributed by atoms with van der Waals surface area (Å²) < 4.78 is 14.5. The summed E-state index contributed by atoms with van der Waals surface area (Å²) >= 11 is 24.4. The lowest BCUT2D eigenvalue weighted by atomic mass is 10.1. The molecule has 3 aromatic rings. The molecule has 3 amide bonds. The number of fused-ring (bicyclic) bond motifs is 1. The lowest BCUT2D eigenvalue weighted by molar-refractivity contribution is -0.384. The van der Waals surface area contributed by atoms with Crippen molar-refractivity contribution in [3.63, 3.8) is 0 Å². The Bertz CT molecular complexity index is 1380.